The molecule has 0 amide bonds. The summed E-state index contributed by atoms with van der Waals surface area (Å²) in [6.45, 7) is 6.55. The number of hydrogen-bond donors (Lipinski definition) is 2. The van der Waals surface area contributed by atoms with E-state index >= 15 is 0 Å². The standard InChI is InChI=1S/C8H19N3/c1-6(2)11-4-7(9)8(5-11)10-3/h6-8,10H,4-5,9H2,1-3H3/t7-,8-/m1/s1. The van der Waals surface area contributed by atoms with Crippen LogP contribution in [-0.2, 0) is 0 Å². The molecule has 3 N–H and O–H groups in total. The molecule has 0 bridgehead atoms. The van der Waals surface area contributed by atoms with Gasteiger partial charge >= 0.3 is 0 Å². The first kappa shape index (κ1) is 8.97. The Morgan fingerprint density at radius 3 is 2.36 bits per heavy atom. The van der Waals surface area contributed by atoms with Gasteiger partial charge in [0.25, 0.3) is 0 Å². The van der Waals surface area contributed by atoms with E-state index in [0.29, 0.717) is 18.1 Å². The van der Waals surface area contributed by atoms with E-state index in [1.54, 1.807) is 0 Å². The maximum Gasteiger partial charge on any atom is 0.0357 e. The van der Waals surface area contributed by atoms with Crippen LogP contribution >= 0.6 is 0 Å². The Morgan fingerprint density at radius 2 is 2.09 bits per heavy atom. The monoisotopic (exact) mass is 157 g/mol. The van der Waals surface area contributed by atoms with Gasteiger partial charge in [-0.3, -0.25) is 4.90 Å². The number of nitrogens with one attached hydrogen (secondary N) is 1. The molecule has 2 atom stereocenters. The van der Waals surface area contributed by atoms with Crippen molar-refractivity contribution in [1.82, 2.24) is 10.2 Å². The third-order valence-electron chi connectivity index (χ3n) is 2.49. The van der Waals surface area contributed by atoms with E-state index in [4.69, 9.17) is 5.73 Å². The van der Waals surface area contributed by atoms with Gasteiger partial charge in [0, 0.05) is 31.2 Å². The SMILES string of the molecule is CN[C@@H]1CN(C(C)C)C[C@H]1N. The highest BCUT2D eigenvalue weighted by atomic mass is 15.2. The summed E-state index contributed by atoms with van der Waals surface area (Å²) in [5, 5.41) is 3.23. The molecule has 66 valence electrons. The Bertz CT molecular complexity index is 125. The lowest BCUT2D eigenvalue weighted by Crippen LogP contribution is -2.41. The molecule has 0 aromatic carbocycles. The maximum atomic E-state index is 5.91. The Hall–Kier alpha value is -0.120. The summed E-state index contributed by atoms with van der Waals surface area (Å²) >= 11 is 0. The van der Waals surface area contributed by atoms with Crippen LogP contribution in [0.4, 0.5) is 0 Å². The van der Waals surface area contributed by atoms with Gasteiger partial charge in [0.05, 0.1) is 0 Å². The highest BCUT2D eigenvalue weighted by Gasteiger charge is 2.29. The molecule has 0 aromatic rings. The molecule has 0 aromatic heterocycles. The van der Waals surface area contributed by atoms with Crippen molar-refractivity contribution >= 4 is 0 Å². The molecule has 0 spiro atoms. The third-order valence-corrected chi connectivity index (χ3v) is 2.49. The van der Waals surface area contributed by atoms with Crippen LogP contribution < -0.4 is 11.1 Å². The lowest BCUT2D eigenvalue weighted by Gasteiger charge is -2.19. The Kier molecular flexibility index (Phi) is 2.87. The predicted octanol–water partition coefficient (Wildman–Crippen LogP) is -0.374. The van der Waals surface area contributed by atoms with Crippen LogP contribution in [0.1, 0.15) is 13.8 Å². The van der Waals surface area contributed by atoms with Crippen LogP contribution in [0.5, 0.6) is 0 Å². The largest absolute Gasteiger partial charge is 0.325 e. The minimum absolute atomic E-state index is 0.308. The Labute approximate surface area is 68.9 Å². The molecule has 0 aliphatic carbocycles. The van der Waals surface area contributed by atoms with Gasteiger partial charge < -0.3 is 11.1 Å². The Balaban J connectivity index is 2.43. The summed E-state index contributed by atoms with van der Waals surface area (Å²) in [6, 6.07) is 1.42. The molecule has 0 unspecified atom stereocenters. The number of hydrogen-bond acceptors (Lipinski definition) is 3. The fourth-order valence-electron chi connectivity index (χ4n) is 1.59. The van der Waals surface area contributed by atoms with Crippen molar-refractivity contribution < 1.29 is 0 Å². The van der Waals surface area contributed by atoms with Gasteiger partial charge in [-0.05, 0) is 20.9 Å². The van der Waals surface area contributed by atoms with E-state index in [-0.39, 0.29) is 0 Å². The average molecular weight is 157 g/mol. The average Bonchev–Trinajstić information content (AvgIpc) is 2.31. The smallest absolute Gasteiger partial charge is 0.0357 e. The fourth-order valence-corrected chi connectivity index (χ4v) is 1.59. The molecule has 1 fully saturated rings. The molecule has 11 heavy (non-hydrogen) atoms. The van der Waals surface area contributed by atoms with Crippen molar-refractivity contribution in [2.75, 3.05) is 20.1 Å². The molecule has 3 heteroatoms. The van der Waals surface area contributed by atoms with Gasteiger partial charge in [0.1, 0.15) is 0 Å². The summed E-state index contributed by atoms with van der Waals surface area (Å²) in [5.74, 6) is 0. The molecule has 3 nitrogen and oxygen atoms in total. The first-order valence-corrected chi connectivity index (χ1v) is 4.32. The van der Waals surface area contributed by atoms with Crippen LogP contribution in [0, 0.1) is 0 Å². The topological polar surface area (TPSA) is 41.3 Å². The van der Waals surface area contributed by atoms with E-state index in [1.807, 2.05) is 7.05 Å². The zero-order chi connectivity index (χ0) is 8.43. The van der Waals surface area contributed by atoms with E-state index in [0.717, 1.165) is 13.1 Å². The number of rotatable bonds is 2. The summed E-state index contributed by atoms with van der Waals surface area (Å²) in [6.07, 6.45) is 0. The first-order valence-electron chi connectivity index (χ1n) is 4.32. The van der Waals surface area contributed by atoms with Gasteiger partial charge in [-0.1, -0.05) is 0 Å². The lowest BCUT2D eigenvalue weighted by atomic mass is 10.2. The molecule has 0 saturated carbocycles. The van der Waals surface area contributed by atoms with Gasteiger partial charge in [0.2, 0.25) is 0 Å². The molecule has 1 heterocycles. The molecular weight excluding hydrogens is 138 g/mol. The van der Waals surface area contributed by atoms with Gasteiger partial charge in [-0.15, -0.1) is 0 Å². The van der Waals surface area contributed by atoms with Gasteiger partial charge in [-0.25, -0.2) is 0 Å². The number of likely N-dealkylation sites (N-methyl/N-ethyl adjacent to an activating group) is 1. The van der Waals surface area contributed by atoms with Crippen LogP contribution in [0.25, 0.3) is 0 Å². The van der Waals surface area contributed by atoms with Gasteiger partial charge in [0.15, 0.2) is 0 Å². The minimum atomic E-state index is 0.308. The first-order chi connectivity index (χ1) is 5.15. The molecule has 1 aliphatic heterocycles. The molecule has 1 rings (SSSR count). The predicted molar refractivity (Wildman–Crippen MR) is 47.5 cm³/mol. The van der Waals surface area contributed by atoms with Crippen LogP contribution in [0.3, 0.4) is 0 Å². The summed E-state index contributed by atoms with van der Waals surface area (Å²) in [5.41, 5.74) is 5.91. The van der Waals surface area contributed by atoms with Crippen LogP contribution in [0.15, 0.2) is 0 Å². The van der Waals surface area contributed by atoms with Crippen molar-refractivity contribution in [3.8, 4) is 0 Å². The number of likely N-dealkylation sites (tertiary alicyclic amines) is 1. The summed E-state index contributed by atoms with van der Waals surface area (Å²) in [7, 11) is 1.98. The normalized spacial score (nSPS) is 33.5. The highest BCUT2D eigenvalue weighted by Crippen LogP contribution is 2.10. The van der Waals surface area contributed by atoms with Crippen molar-refractivity contribution in [3.05, 3.63) is 0 Å². The highest BCUT2D eigenvalue weighted by molar-refractivity contribution is 4.92. The molecule has 1 saturated heterocycles. The second-order valence-electron chi connectivity index (χ2n) is 3.61. The van der Waals surface area contributed by atoms with Crippen molar-refractivity contribution in [3.63, 3.8) is 0 Å². The summed E-state index contributed by atoms with van der Waals surface area (Å²) < 4.78 is 0. The molecule has 0 radical (unpaired) electrons. The van der Waals surface area contributed by atoms with Crippen molar-refractivity contribution in [2.24, 2.45) is 5.73 Å². The number of nitrogens with zero attached hydrogens (tertiary/aromatic N) is 1. The second kappa shape index (κ2) is 3.52. The lowest BCUT2D eigenvalue weighted by molar-refractivity contribution is 0.268. The van der Waals surface area contributed by atoms with E-state index < -0.39 is 0 Å². The second-order valence-corrected chi connectivity index (χ2v) is 3.61. The zero-order valence-corrected chi connectivity index (χ0v) is 7.67. The van der Waals surface area contributed by atoms with E-state index in [1.165, 1.54) is 0 Å². The fraction of sp³-hybridized carbons (Fsp3) is 1.00. The maximum absolute atomic E-state index is 5.91. The quantitative estimate of drug-likeness (QED) is 0.574. The number of nitrogens with two attached hydrogens (primary N) is 1. The van der Waals surface area contributed by atoms with Gasteiger partial charge in [-0.2, -0.15) is 0 Å². The minimum Gasteiger partial charge on any atom is -0.325 e. The zero-order valence-electron chi connectivity index (χ0n) is 7.67. The third kappa shape index (κ3) is 1.92. The van der Waals surface area contributed by atoms with Crippen LogP contribution in [0.2, 0.25) is 0 Å². The molecular formula is C8H19N3. The summed E-state index contributed by atoms with van der Waals surface area (Å²) in [4.78, 5) is 2.41. The molecule has 1 aliphatic rings. The Morgan fingerprint density at radius 1 is 1.45 bits per heavy atom. The van der Waals surface area contributed by atoms with E-state index in [9.17, 15) is 0 Å². The van der Waals surface area contributed by atoms with Crippen LogP contribution in [-0.4, -0.2) is 43.2 Å². The van der Waals surface area contributed by atoms with E-state index in [2.05, 4.69) is 24.1 Å². The van der Waals surface area contributed by atoms with Crippen molar-refractivity contribution in [1.29, 1.82) is 0 Å². The van der Waals surface area contributed by atoms with Crippen molar-refractivity contribution in [2.45, 2.75) is 32.0 Å².